The zero-order valence-electron chi connectivity index (χ0n) is 16.5. The summed E-state index contributed by atoms with van der Waals surface area (Å²) in [6.07, 6.45) is 0.464. The second kappa shape index (κ2) is 9.00. The predicted molar refractivity (Wildman–Crippen MR) is 103 cm³/mol. The van der Waals surface area contributed by atoms with E-state index in [9.17, 15) is 24.5 Å². The minimum atomic E-state index is -0.808. The molecule has 1 aromatic heterocycles. The van der Waals surface area contributed by atoms with Crippen LogP contribution in [-0.2, 0) is 20.7 Å². The lowest BCUT2D eigenvalue weighted by Crippen LogP contribution is -2.21. The number of nitro groups is 1. The standard InChI is InChI=1S/C19H21N3O7/c1-5-13-16(18(24)28-4)11(3)17(21-13)19(25)29-9-15(23)20-12-7-6-10(2)14(8-12)22(26)27/h6-8,21H,5,9H2,1-4H3,(H,20,23). The largest absolute Gasteiger partial charge is 0.465 e. The minimum Gasteiger partial charge on any atom is -0.465 e. The molecule has 0 fully saturated rings. The van der Waals surface area contributed by atoms with E-state index in [0.29, 0.717) is 23.2 Å². The van der Waals surface area contributed by atoms with E-state index in [2.05, 4.69) is 10.3 Å². The van der Waals surface area contributed by atoms with Crippen LogP contribution >= 0.6 is 0 Å². The molecule has 0 aliphatic rings. The number of hydrogen-bond acceptors (Lipinski definition) is 7. The molecule has 0 bridgehead atoms. The number of aromatic amines is 1. The number of aromatic nitrogens is 1. The summed E-state index contributed by atoms with van der Waals surface area (Å²) in [6.45, 7) is 4.36. The topological polar surface area (TPSA) is 141 Å². The number of esters is 2. The average Bonchev–Trinajstić information content (AvgIpc) is 3.03. The lowest BCUT2D eigenvalue weighted by molar-refractivity contribution is -0.385. The molecular weight excluding hydrogens is 382 g/mol. The number of methoxy groups -OCH3 is 1. The number of carbonyl (C=O) groups excluding carboxylic acids is 3. The molecule has 2 N–H and O–H groups in total. The maximum absolute atomic E-state index is 12.3. The monoisotopic (exact) mass is 403 g/mol. The van der Waals surface area contributed by atoms with Gasteiger partial charge in [0.15, 0.2) is 6.61 Å². The minimum absolute atomic E-state index is 0.0565. The first-order chi connectivity index (χ1) is 13.7. The highest BCUT2D eigenvalue weighted by molar-refractivity contribution is 6.00. The van der Waals surface area contributed by atoms with Crippen LogP contribution in [0.4, 0.5) is 11.4 Å². The summed E-state index contributed by atoms with van der Waals surface area (Å²) in [4.78, 5) is 49.5. The Morgan fingerprint density at radius 3 is 2.48 bits per heavy atom. The normalized spacial score (nSPS) is 10.3. The number of H-pyrrole nitrogens is 1. The molecule has 0 unspecified atom stereocenters. The van der Waals surface area contributed by atoms with Crippen molar-refractivity contribution < 1.29 is 28.8 Å². The third kappa shape index (κ3) is 4.78. The number of nitrogens with zero attached hydrogens (tertiary/aromatic N) is 1. The molecule has 154 valence electrons. The molecule has 0 radical (unpaired) electrons. The molecule has 0 atom stereocenters. The van der Waals surface area contributed by atoms with Crippen LogP contribution in [0, 0.1) is 24.0 Å². The van der Waals surface area contributed by atoms with Crippen molar-refractivity contribution in [3.05, 3.63) is 56.4 Å². The van der Waals surface area contributed by atoms with E-state index < -0.39 is 29.4 Å². The number of nitro benzene ring substituents is 1. The van der Waals surface area contributed by atoms with Crippen LogP contribution in [0.3, 0.4) is 0 Å². The van der Waals surface area contributed by atoms with Crippen LogP contribution in [0.1, 0.15) is 44.6 Å². The van der Waals surface area contributed by atoms with Crippen molar-refractivity contribution in [3.8, 4) is 0 Å². The van der Waals surface area contributed by atoms with Gasteiger partial charge in [-0.3, -0.25) is 14.9 Å². The first-order valence-electron chi connectivity index (χ1n) is 8.71. The molecule has 10 nitrogen and oxygen atoms in total. The van der Waals surface area contributed by atoms with E-state index >= 15 is 0 Å². The fraction of sp³-hybridized carbons (Fsp3) is 0.316. The van der Waals surface area contributed by atoms with Crippen LogP contribution < -0.4 is 5.32 Å². The molecule has 0 saturated heterocycles. The number of carbonyl (C=O) groups is 3. The zero-order chi connectivity index (χ0) is 21.7. The smallest absolute Gasteiger partial charge is 0.355 e. The van der Waals surface area contributed by atoms with E-state index in [0.717, 1.165) is 0 Å². The van der Waals surface area contributed by atoms with Crippen LogP contribution in [0.5, 0.6) is 0 Å². The van der Waals surface area contributed by atoms with Gasteiger partial charge in [0.2, 0.25) is 0 Å². The third-order valence-electron chi connectivity index (χ3n) is 4.30. The van der Waals surface area contributed by atoms with Gasteiger partial charge in [0, 0.05) is 23.0 Å². The molecule has 0 spiro atoms. The second-order valence-corrected chi connectivity index (χ2v) is 6.21. The highest BCUT2D eigenvalue weighted by Gasteiger charge is 2.25. The molecule has 1 amide bonds. The molecule has 29 heavy (non-hydrogen) atoms. The van der Waals surface area contributed by atoms with Gasteiger partial charge in [0.25, 0.3) is 11.6 Å². The summed E-state index contributed by atoms with van der Waals surface area (Å²) in [5.74, 6) is -2.05. The molecule has 1 aromatic carbocycles. The van der Waals surface area contributed by atoms with Gasteiger partial charge in [-0.05, 0) is 31.9 Å². The van der Waals surface area contributed by atoms with Crippen molar-refractivity contribution >= 4 is 29.2 Å². The van der Waals surface area contributed by atoms with E-state index in [-0.39, 0.29) is 22.6 Å². The van der Waals surface area contributed by atoms with Gasteiger partial charge in [0.05, 0.1) is 17.6 Å². The van der Waals surface area contributed by atoms with Gasteiger partial charge in [-0.15, -0.1) is 0 Å². The van der Waals surface area contributed by atoms with Crippen LogP contribution in [0.15, 0.2) is 18.2 Å². The second-order valence-electron chi connectivity index (χ2n) is 6.21. The van der Waals surface area contributed by atoms with Crippen molar-refractivity contribution in [2.24, 2.45) is 0 Å². The highest BCUT2D eigenvalue weighted by Crippen LogP contribution is 2.23. The van der Waals surface area contributed by atoms with Gasteiger partial charge in [-0.2, -0.15) is 0 Å². The summed E-state index contributed by atoms with van der Waals surface area (Å²) < 4.78 is 9.73. The lowest BCUT2D eigenvalue weighted by Gasteiger charge is -2.07. The van der Waals surface area contributed by atoms with Gasteiger partial charge in [0.1, 0.15) is 5.69 Å². The molecule has 0 saturated carbocycles. The number of ether oxygens (including phenoxy) is 2. The van der Waals surface area contributed by atoms with Gasteiger partial charge in [-0.25, -0.2) is 9.59 Å². The van der Waals surface area contributed by atoms with Crippen molar-refractivity contribution in [2.75, 3.05) is 19.0 Å². The number of benzene rings is 1. The number of anilines is 1. The fourth-order valence-corrected chi connectivity index (χ4v) is 2.79. The zero-order valence-corrected chi connectivity index (χ0v) is 16.5. The Morgan fingerprint density at radius 2 is 1.90 bits per heavy atom. The summed E-state index contributed by atoms with van der Waals surface area (Å²) in [7, 11) is 1.24. The summed E-state index contributed by atoms with van der Waals surface area (Å²) in [6, 6.07) is 4.23. The predicted octanol–water partition coefficient (Wildman–Crippen LogP) is 2.68. The Hall–Kier alpha value is -3.69. The Labute approximate surface area is 166 Å². The summed E-state index contributed by atoms with van der Waals surface area (Å²) in [5.41, 5.74) is 1.74. The van der Waals surface area contributed by atoms with Gasteiger partial charge >= 0.3 is 11.9 Å². The van der Waals surface area contributed by atoms with Crippen molar-refractivity contribution in [1.82, 2.24) is 4.98 Å². The molecular formula is C19H21N3O7. The molecule has 1 heterocycles. The average molecular weight is 403 g/mol. The Morgan fingerprint density at radius 1 is 1.21 bits per heavy atom. The van der Waals surface area contributed by atoms with Gasteiger partial charge in [-0.1, -0.05) is 13.0 Å². The first-order valence-corrected chi connectivity index (χ1v) is 8.71. The Kier molecular flexibility index (Phi) is 6.71. The third-order valence-corrected chi connectivity index (χ3v) is 4.30. The van der Waals surface area contributed by atoms with E-state index in [4.69, 9.17) is 9.47 Å². The van der Waals surface area contributed by atoms with Crippen molar-refractivity contribution in [3.63, 3.8) is 0 Å². The van der Waals surface area contributed by atoms with E-state index in [1.807, 2.05) is 0 Å². The molecule has 2 rings (SSSR count). The number of hydrogen-bond donors (Lipinski definition) is 2. The molecule has 0 aliphatic carbocycles. The lowest BCUT2D eigenvalue weighted by atomic mass is 10.1. The fourth-order valence-electron chi connectivity index (χ4n) is 2.79. The van der Waals surface area contributed by atoms with E-state index in [1.165, 1.54) is 25.3 Å². The summed E-state index contributed by atoms with van der Waals surface area (Å²) in [5, 5.41) is 13.4. The van der Waals surface area contributed by atoms with Crippen molar-refractivity contribution in [2.45, 2.75) is 27.2 Å². The molecule has 0 aliphatic heterocycles. The van der Waals surface area contributed by atoms with Crippen LogP contribution in [0.2, 0.25) is 0 Å². The van der Waals surface area contributed by atoms with Gasteiger partial charge < -0.3 is 19.8 Å². The van der Waals surface area contributed by atoms with Crippen LogP contribution in [-0.4, -0.2) is 41.5 Å². The molecule has 10 heteroatoms. The van der Waals surface area contributed by atoms with Crippen molar-refractivity contribution in [1.29, 1.82) is 0 Å². The quantitative estimate of drug-likeness (QED) is 0.411. The van der Waals surface area contributed by atoms with Crippen LogP contribution in [0.25, 0.3) is 0 Å². The SMILES string of the molecule is CCc1[nH]c(C(=O)OCC(=O)Nc2ccc(C)c([N+](=O)[O-])c2)c(C)c1C(=O)OC. The Balaban J connectivity index is 2.07. The Bertz CT molecular complexity index is 978. The number of aryl methyl sites for hydroxylation is 2. The maximum Gasteiger partial charge on any atom is 0.355 e. The van der Waals surface area contributed by atoms with E-state index in [1.54, 1.807) is 20.8 Å². The molecule has 2 aromatic rings. The number of rotatable bonds is 7. The summed E-state index contributed by atoms with van der Waals surface area (Å²) >= 11 is 0. The highest BCUT2D eigenvalue weighted by atomic mass is 16.6. The number of nitrogens with one attached hydrogen (secondary N) is 2. The first kappa shape index (κ1) is 21.6. The number of amides is 1. The maximum atomic E-state index is 12.3.